The number of nitrogens with zero attached hydrogens (tertiary/aromatic N) is 1. The van der Waals surface area contributed by atoms with E-state index in [0.717, 1.165) is 0 Å². The monoisotopic (exact) mass is 320 g/mol. The Kier molecular flexibility index (Phi) is 6.97. The van der Waals surface area contributed by atoms with Gasteiger partial charge in [0.1, 0.15) is 5.75 Å². The standard InChI is InChI=1S/C14H19F3N2O3/c1-2-7-19(8-9-20)13(21)18-11-5-3-4-6-12(11)22-10-14(15,16)17/h3-6,20H,2,7-10H2,1H3,(H,18,21). The summed E-state index contributed by atoms with van der Waals surface area (Å²) >= 11 is 0. The molecule has 5 nitrogen and oxygen atoms in total. The van der Waals surface area contributed by atoms with Crippen molar-refractivity contribution in [2.45, 2.75) is 19.5 Å². The summed E-state index contributed by atoms with van der Waals surface area (Å²) < 4.78 is 41.3. The van der Waals surface area contributed by atoms with Crippen LogP contribution in [0.25, 0.3) is 0 Å². The van der Waals surface area contributed by atoms with E-state index in [-0.39, 0.29) is 24.6 Å². The van der Waals surface area contributed by atoms with Crippen molar-refractivity contribution in [2.75, 3.05) is 31.6 Å². The zero-order valence-corrected chi connectivity index (χ0v) is 12.2. The van der Waals surface area contributed by atoms with Gasteiger partial charge in [0.2, 0.25) is 0 Å². The Hall–Kier alpha value is -1.96. The fourth-order valence-corrected chi connectivity index (χ4v) is 1.76. The second kappa shape index (κ2) is 8.47. The van der Waals surface area contributed by atoms with Crippen LogP contribution in [0.4, 0.5) is 23.7 Å². The van der Waals surface area contributed by atoms with E-state index in [0.29, 0.717) is 13.0 Å². The minimum atomic E-state index is -4.46. The minimum Gasteiger partial charge on any atom is -0.482 e. The molecule has 1 aromatic carbocycles. The number of alkyl halides is 3. The summed E-state index contributed by atoms with van der Waals surface area (Å²) in [4.78, 5) is 13.4. The van der Waals surface area contributed by atoms with Gasteiger partial charge in [-0.05, 0) is 18.6 Å². The quantitative estimate of drug-likeness (QED) is 0.812. The lowest BCUT2D eigenvalue weighted by molar-refractivity contribution is -0.153. The molecule has 0 spiro atoms. The third-order valence-electron chi connectivity index (χ3n) is 2.67. The highest BCUT2D eigenvalue weighted by molar-refractivity contribution is 5.91. The number of carbonyl (C=O) groups is 1. The normalized spacial score (nSPS) is 11.1. The lowest BCUT2D eigenvalue weighted by Crippen LogP contribution is -2.37. The van der Waals surface area contributed by atoms with Gasteiger partial charge in [0.05, 0.1) is 12.3 Å². The number of benzene rings is 1. The zero-order valence-electron chi connectivity index (χ0n) is 12.2. The highest BCUT2D eigenvalue weighted by Gasteiger charge is 2.29. The number of aliphatic hydroxyl groups is 1. The summed E-state index contributed by atoms with van der Waals surface area (Å²) in [5, 5.41) is 11.4. The van der Waals surface area contributed by atoms with E-state index in [1.165, 1.54) is 23.1 Å². The predicted octanol–water partition coefficient (Wildman–Crippen LogP) is 2.86. The number of halogens is 3. The van der Waals surface area contributed by atoms with Crippen LogP contribution < -0.4 is 10.1 Å². The Morgan fingerprint density at radius 2 is 2.00 bits per heavy atom. The first-order valence-corrected chi connectivity index (χ1v) is 6.82. The van der Waals surface area contributed by atoms with Gasteiger partial charge in [-0.2, -0.15) is 13.2 Å². The number of carbonyl (C=O) groups excluding carboxylic acids is 1. The van der Waals surface area contributed by atoms with Gasteiger partial charge >= 0.3 is 12.2 Å². The number of hydrogen-bond donors (Lipinski definition) is 2. The van der Waals surface area contributed by atoms with Crippen LogP contribution in [0.3, 0.4) is 0 Å². The maximum absolute atomic E-state index is 12.2. The predicted molar refractivity (Wildman–Crippen MR) is 76.0 cm³/mol. The Morgan fingerprint density at radius 1 is 1.32 bits per heavy atom. The SMILES string of the molecule is CCCN(CCO)C(=O)Nc1ccccc1OCC(F)(F)F. The van der Waals surface area contributed by atoms with Crippen LogP contribution in [0.2, 0.25) is 0 Å². The van der Waals surface area contributed by atoms with Crippen molar-refractivity contribution < 1.29 is 27.8 Å². The summed E-state index contributed by atoms with van der Waals surface area (Å²) in [5.41, 5.74) is 0.149. The van der Waals surface area contributed by atoms with Crippen LogP contribution in [-0.2, 0) is 0 Å². The molecule has 124 valence electrons. The Morgan fingerprint density at radius 3 is 2.59 bits per heavy atom. The molecule has 2 N–H and O–H groups in total. The summed E-state index contributed by atoms with van der Waals surface area (Å²) in [6.45, 7) is 0.816. The number of urea groups is 1. The molecule has 0 aliphatic rings. The van der Waals surface area contributed by atoms with E-state index in [2.05, 4.69) is 5.32 Å². The molecule has 22 heavy (non-hydrogen) atoms. The number of hydrogen-bond acceptors (Lipinski definition) is 3. The number of para-hydroxylation sites is 2. The molecular formula is C14H19F3N2O3. The van der Waals surface area contributed by atoms with Crippen molar-refractivity contribution >= 4 is 11.7 Å². The van der Waals surface area contributed by atoms with Crippen molar-refractivity contribution in [3.63, 3.8) is 0 Å². The van der Waals surface area contributed by atoms with Gasteiger partial charge in [-0.3, -0.25) is 0 Å². The van der Waals surface area contributed by atoms with E-state index in [1.807, 2.05) is 6.92 Å². The fraction of sp³-hybridized carbons (Fsp3) is 0.500. The second-order valence-corrected chi connectivity index (χ2v) is 4.54. The van der Waals surface area contributed by atoms with Gasteiger partial charge in [0.25, 0.3) is 0 Å². The molecule has 1 aromatic rings. The van der Waals surface area contributed by atoms with Crippen LogP contribution in [0, 0.1) is 0 Å². The molecule has 0 saturated carbocycles. The first kappa shape index (κ1) is 18.1. The molecule has 0 aliphatic heterocycles. The molecular weight excluding hydrogens is 301 g/mol. The van der Waals surface area contributed by atoms with Crippen LogP contribution >= 0.6 is 0 Å². The number of rotatable bonds is 7. The van der Waals surface area contributed by atoms with Gasteiger partial charge in [-0.25, -0.2) is 4.79 Å². The summed E-state index contributed by atoms with van der Waals surface area (Å²) in [6.07, 6.45) is -3.76. The topological polar surface area (TPSA) is 61.8 Å². The second-order valence-electron chi connectivity index (χ2n) is 4.54. The minimum absolute atomic E-state index is 0.0615. The van der Waals surface area contributed by atoms with Gasteiger partial charge in [0.15, 0.2) is 6.61 Å². The van der Waals surface area contributed by atoms with Crippen LogP contribution in [0.15, 0.2) is 24.3 Å². The molecule has 1 rings (SSSR count). The Bertz CT molecular complexity index is 475. The highest BCUT2D eigenvalue weighted by atomic mass is 19.4. The molecule has 0 fully saturated rings. The molecule has 0 bridgehead atoms. The van der Waals surface area contributed by atoms with Crippen molar-refractivity contribution in [1.29, 1.82) is 0 Å². The number of ether oxygens (including phenoxy) is 1. The number of aliphatic hydroxyl groups excluding tert-OH is 1. The molecule has 0 heterocycles. The lowest BCUT2D eigenvalue weighted by atomic mass is 10.3. The molecule has 0 aliphatic carbocycles. The summed E-state index contributed by atoms with van der Waals surface area (Å²) in [5.74, 6) is -0.0615. The van der Waals surface area contributed by atoms with Crippen LogP contribution in [-0.4, -0.2) is 48.5 Å². The number of amides is 2. The average Bonchev–Trinajstić information content (AvgIpc) is 2.45. The first-order chi connectivity index (χ1) is 10.4. The van der Waals surface area contributed by atoms with E-state index in [4.69, 9.17) is 9.84 Å². The molecule has 0 aromatic heterocycles. The van der Waals surface area contributed by atoms with Crippen LogP contribution in [0.5, 0.6) is 5.75 Å². The van der Waals surface area contributed by atoms with Crippen molar-refractivity contribution in [3.8, 4) is 5.75 Å². The average molecular weight is 320 g/mol. The maximum Gasteiger partial charge on any atom is 0.422 e. The number of anilines is 1. The molecule has 0 unspecified atom stereocenters. The lowest BCUT2D eigenvalue weighted by Gasteiger charge is -2.22. The van der Waals surface area contributed by atoms with Gasteiger partial charge in [0, 0.05) is 13.1 Å². The summed E-state index contributed by atoms with van der Waals surface area (Å²) in [7, 11) is 0. The maximum atomic E-state index is 12.2. The van der Waals surface area contributed by atoms with Crippen molar-refractivity contribution in [2.24, 2.45) is 0 Å². The van der Waals surface area contributed by atoms with E-state index in [9.17, 15) is 18.0 Å². The van der Waals surface area contributed by atoms with Gasteiger partial charge in [-0.1, -0.05) is 19.1 Å². The molecule has 0 saturated heterocycles. The van der Waals surface area contributed by atoms with Crippen molar-refractivity contribution in [1.82, 2.24) is 4.90 Å². The third-order valence-corrected chi connectivity index (χ3v) is 2.67. The molecule has 0 radical (unpaired) electrons. The number of nitrogens with one attached hydrogen (secondary N) is 1. The zero-order chi connectivity index (χ0) is 16.6. The van der Waals surface area contributed by atoms with Crippen LogP contribution in [0.1, 0.15) is 13.3 Å². The summed E-state index contributed by atoms with van der Waals surface area (Å²) in [6, 6.07) is 5.38. The Labute approximate surface area is 126 Å². The van der Waals surface area contributed by atoms with Gasteiger partial charge < -0.3 is 20.1 Å². The van der Waals surface area contributed by atoms with E-state index in [1.54, 1.807) is 6.07 Å². The van der Waals surface area contributed by atoms with E-state index < -0.39 is 18.8 Å². The third kappa shape index (κ3) is 6.21. The largest absolute Gasteiger partial charge is 0.482 e. The highest BCUT2D eigenvalue weighted by Crippen LogP contribution is 2.26. The Balaban J connectivity index is 2.77. The molecule has 2 amide bonds. The van der Waals surface area contributed by atoms with Crippen molar-refractivity contribution in [3.05, 3.63) is 24.3 Å². The first-order valence-electron chi connectivity index (χ1n) is 6.82. The smallest absolute Gasteiger partial charge is 0.422 e. The fourth-order valence-electron chi connectivity index (χ4n) is 1.76. The van der Waals surface area contributed by atoms with E-state index >= 15 is 0 Å². The molecule has 8 heteroatoms. The van der Waals surface area contributed by atoms with Gasteiger partial charge in [-0.15, -0.1) is 0 Å². The molecule has 0 atom stereocenters.